The molecule has 2 aromatic rings. The summed E-state index contributed by atoms with van der Waals surface area (Å²) >= 11 is 1.47. The summed E-state index contributed by atoms with van der Waals surface area (Å²) in [7, 11) is 1.54. The monoisotopic (exact) mass is 344 g/mol. The first kappa shape index (κ1) is 16.2. The molecule has 0 saturated carbocycles. The maximum absolute atomic E-state index is 12.0. The number of hydrogen-bond donors (Lipinski definition) is 2. The summed E-state index contributed by atoms with van der Waals surface area (Å²) < 4.78 is 10.6. The van der Waals surface area contributed by atoms with E-state index >= 15 is 0 Å². The summed E-state index contributed by atoms with van der Waals surface area (Å²) in [5.74, 6) is 1.14. The van der Waals surface area contributed by atoms with Gasteiger partial charge in [-0.1, -0.05) is 12.1 Å². The maximum Gasteiger partial charge on any atom is 0.262 e. The molecule has 2 amide bonds. The Morgan fingerprint density at radius 2 is 2.04 bits per heavy atom. The highest BCUT2D eigenvalue weighted by Crippen LogP contribution is 2.33. The number of nitrogens with one attached hydrogen (secondary N) is 2. The summed E-state index contributed by atoms with van der Waals surface area (Å²) in [6.45, 7) is -0.140. The largest absolute Gasteiger partial charge is 0.493 e. The van der Waals surface area contributed by atoms with Gasteiger partial charge in [-0.25, -0.2) is 0 Å². The third kappa shape index (κ3) is 3.80. The number of amides is 2. The van der Waals surface area contributed by atoms with E-state index in [-0.39, 0.29) is 18.4 Å². The maximum atomic E-state index is 12.0. The smallest absolute Gasteiger partial charge is 0.262 e. The molecule has 1 heterocycles. The molecule has 0 spiro atoms. The second-order valence-electron chi connectivity index (χ2n) is 5.04. The van der Waals surface area contributed by atoms with Crippen LogP contribution < -0.4 is 20.1 Å². The fraction of sp³-hybridized carbons (Fsp3) is 0.176. The van der Waals surface area contributed by atoms with Crippen LogP contribution in [0.4, 0.5) is 11.4 Å². The lowest BCUT2D eigenvalue weighted by molar-refractivity contribution is -0.118. The van der Waals surface area contributed by atoms with Crippen LogP contribution in [0.3, 0.4) is 0 Å². The van der Waals surface area contributed by atoms with Gasteiger partial charge in [0.25, 0.3) is 5.91 Å². The van der Waals surface area contributed by atoms with Gasteiger partial charge in [-0.2, -0.15) is 0 Å². The average molecular weight is 344 g/mol. The fourth-order valence-corrected chi connectivity index (χ4v) is 3.03. The minimum absolute atomic E-state index is 0.0458. The van der Waals surface area contributed by atoms with Crippen molar-refractivity contribution in [2.45, 2.75) is 4.90 Å². The van der Waals surface area contributed by atoms with Gasteiger partial charge >= 0.3 is 0 Å². The topological polar surface area (TPSA) is 76.7 Å². The number of carbonyl (C=O) groups excluding carboxylic acids is 2. The highest BCUT2D eigenvalue weighted by Gasteiger charge is 2.16. The number of thioether (sulfide) groups is 1. The van der Waals surface area contributed by atoms with Crippen LogP contribution in [0.25, 0.3) is 0 Å². The first-order valence-electron chi connectivity index (χ1n) is 7.28. The summed E-state index contributed by atoms with van der Waals surface area (Å²) in [6.07, 6.45) is 0. The first-order valence-corrected chi connectivity index (χ1v) is 8.26. The summed E-state index contributed by atoms with van der Waals surface area (Å²) in [4.78, 5) is 24.5. The van der Waals surface area contributed by atoms with E-state index in [1.807, 2.05) is 12.1 Å². The predicted octanol–water partition coefficient (Wildman–Crippen LogP) is 2.76. The Balaban J connectivity index is 1.61. The number of rotatable bonds is 5. The van der Waals surface area contributed by atoms with E-state index in [4.69, 9.17) is 9.47 Å². The third-order valence-electron chi connectivity index (χ3n) is 3.32. The van der Waals surface area contributed by atoms with Gasteiger partial charge in [0, 0.05) is 10.6 Å². The van der Waals surface area contributed by atoms with Gasteiger partial charge in [-0.3, -0.25) is 9.59 Å². The number of fused-ring (bicyclic) bond motifs is 1. The van der Waals surface area contributed by atoms with E-state index in [2.05, 4.69) is 10.6 Å². The van der Waals surface area contributed by atoms with Crippen molar-refractivity contribution >= 4 is 35.0 Å². The molecule has 24 heavy (non-hydrogen) atoms. The van der Waals surface area contributed by atoms with Crippen LogP contribution >= 0.6 is 11.8 Å². The third-order valence-corrected chi connectivity index (χ3v) is 4.40. The molecule has 0 aromatic heterocycles. The van der Waals surface area contributed by atoms with Crippen molar-refractivity contribution in [2.75, 3.05) is 30.1 Å². The van der Waals surface area contributed by atoms with E-state index in [9.17, 15) is 9.59 Å². The molecule has 0 atom stereocenters. The van der Waals surface area contributed by atoms with Gasteiger partial charge in [-0.05, 0) is 30.3 Å². The summed E-state index contributed by atoms with van der Waals surface area (Å²) in [6, 6.07) is 12.5. The van der Waals surface area contributed by atoms with Crippen molar-refractivity contribution < 1.29 is 19.1 Å². The first-order chi connectivity index (χ1) is 11.7. The Bertz CT molecular complexity index is 779. The van der Waals surface area contributed by atoms with Gasteiger partial charge in [0.05, 0.1) is 18.6 Å². The second-order valence-corrected chi connectivity index (χ2v) is 6.05. The highest BCUT2D eigenvalue weighted by molar-refractivity contribution is 8.00. The molecule has 0 unspecified atom stereocenters. The molecule has 2 aromatic carbocycles. The number of anilines is 2. The number of ether oxygens (including phenoxy) is 2. The molecule has 6 nitrogen and oxygen atoms in total. The summed E-state index contributed by atoms with van der Waals surface area (Å²) in [5.41, 5.74) is 1.31. The predicted molar refractivity (Wildman–Crippen MR) is 92.9 cm³/mol. The lowest BCUT2D eigenvalue weighted by Gasteiger charge is -2.17. The van der Waals surface area contributed by atoms with Crippen molar-refractivity contribution in [1.29, 1.82) is 0 Å². The van der Waals surface area contributed by atoms with E-state index in [0.29, 0.717) is 28.6 Å². The van der Waals surface area contributed by atoms with Gasteiger partial charge in [0.2, 0.25) is 5.91 Å². The molecule has 0 bridgehead atoms. The van der Waals surface area contributed by atoms with Crippen molar-refractivity contribution in [3.63, 3.8) is 0 Å². The fourth-order valence-electron chi connectivity index (χ4n) is 2.24. The van der Waals surface area contributed by atoms with E-state index in [0.717, 1.165) is 4.90 Å². The number of methoxy groups -OCH3 is 1. The molecule has 0 aliphatic carbocycles. The van der Waals surface area contributed by atoms with Gasteiger partial charge in [0.15, 0.2) is 18.1 Å². The van der Waals surface area contributed by atoms with Gasteiger partial charge < -0.3 is 20.1 Å². The van der Waals surface area contributed by atoms with Crippen LogP contribution in [-0.4, -0.2) is 31.3 Å². The standard InChI is InChI=1S/C17H16N2O4S/c1-22-13-4-2-3-5-14(13)23-9-16(20)18-11-6-7-15-12(8-11)19-17(21)10-24-15/h2-8H,9-10H2,1H3,(H,18,20)(H,19,21). The Morgan fingerprint density at radius 1 is 1.25 bits per heavy atom. The number of para-hydroxylation sites is 2. The van der Waals surface area contributed by atoms with Crippen LogP contribution in [0, 0.1) is 0 Å². The minimum Gasteiger partial charge on any atom is -0.493 e. The molecule has 0 radical (unpaired) electrons. The van der Waals surface area contributed by atoms with Crippen molar-refractivity contribution in [1.82, 2.24) is 0 Å². The molecule has 1 aliphatic rings. The lowest BCUT2D eigenvalue weighted by atomic mass is 10.2. The number of carbonyl (C=O) groups is 2. The Labute approximate surface area is 143 Å². The average Bonchev–Trinajstić information content (AvgIpc) is 2.60. The Morgan fingerprint density at radius 3 is 2.83 bits per heavy atom. The van der Waals surface area contributed by atoms with Crippen LogP contribution in [0.1, 0.15) is 0 Å². The molecular weight excluding hydrogens is 328 g/mol. The van der Waals surface area contributed by atoms with Crippen LogP contribution in [0.5, 0.6) is 11.5 Å². The van der Waals surface area contributed by atoms with E-state index in [1.54, 1.807) is 37.4 Å². The molecule has 124 valence electrons. The molecule has 2 N–H and O–H groups in total. The second kappa shape index (κ2) is 7.27. The highest BCUT2D eigenvalue weighted by atomic mass is 32.2. The van der Waals surface area contributed by atoms with E-state index in [1.165, 1.54) is 11.8 Å². The van der Waals surface area contributed by atoms with Crippen LogP contribution in [0.2, 0.25) is 0 Å². The molecule has 7 heteroatoms. The lowest BCUT2D eigenvalue weighted by Crippen LogP contribution is -2.21. The minimum atomic E-state index is -0.296. The zero-order chi connectivity index (χ0) is 16.9. The molecule has 0 saturated heterocycles. The van der Waals surface area contributed by atoms with E-state index < -0.39 is 0 Å². The van der Waals surface area contributed by atoms with Crippen molar-refractivity contribution in [3.05, 3.63) is 42.5 Å². The zero-order valence-electron chi connectivity index (χ0n) is 13.0. The molecular formula is C17H16N2O4S. The SMILES string of the molecule is COc1ccccc1OCC(=O)Nc1ccc2c(c1)NC(=O)CS2. The molecule has 0 fully saturated rings. The van der Waals surface area contributed by atoms with Crippen molar-refractivity contribution in [3.8, 4) is 11.5 Å². The Kier molecular flexibility index (Phi) is 4.90. The Hall–Kier alpha value is -2.67. The van der Waals surface area contributed by atoms with Crippen LogP contribution in [0.15, 0.2) is 47.4 Å². The summed E-state index contributed by atoms with van der Waals surface area (Å²) in [5, 5.41) is 5.54. The normalized spacial score (nSPS) is 12.8. The molecule has 3 rings (SSSR count). The van der Waals surface area contributed by atoms with Gasteiger partial charge in [0.1, 0.15) is 0 Å². The van der Waals surface area contributed by atoms with Crippen molar-refractivity contribution in [2.24, 2.45) is 0 Å². The number of hydrogen-bond acceptors (Lipinski definition) is 5. The molecule has 1 aliphatic heterocycles. The zero-order valence-corrected chi connectivity index (χ0v) is 13.8. The number of benzene rings is 2. The van der Waals surface area contributed by atoms with Crippen LogP contribution in [-0.2, 0) is 9.59 Å². The van der Waals surface area contributed by atoms with Gasteiger partial charge in [-0.15, -0.1) is 11.8 Å². The quantitative estimate of drug-likeness (QED) is 0.872.